The van der Waals surface area contributed by atoms with E-state index in [0.717, 1.165) is 27.6 Å². The van der Waals surface area contributed by atoms with E-state index in [1.165, 1.54) is 6.08 Å². The second kappa shape index (κ2) is 10.0. The summed E-state index contributed by atoms with van der Waals surface area (Å²) < 4.78 is 16.3. The topological polar surface area (TPSA) is 65.7 Å². The van der Waals surface area contributed by atoms with Crippen molar-refractivity contribution in [3.05, 3.63) is 106 Å². The summed E-state index contributed by atoms with van der Waals surface area (Å²) in [5.74, 6) is 0.243. The van der Waals surface area contributed by atoms with Gasteiger partial charge < -0.3 is 13.9 Å². The van der Waals surface area contributed by atoms with Gasteiger partial charge in [-0.3, -0.25) is 0 Å². The second-order valence-electron chi connectivity index (χ2n) is 9.26. The van der Waals surface area contributed by atoms with Gasteiger partial charge in [0.2, 0.25) is 0 Å². The van der Waals surface area contributed by atoms with Crippen molar-refractivity contribution in [3.8, 4) is 16.9 Å². The maximum absolute atomic E-state index is 13.1. The molecule has 1 aromatic heterocycles. The van der Waals surface area contributed by atoms with Crippen LogP contribution in [0.5, 0.6) is 5.75 Å². The summed E-state index contributed by atoms with van der Waals surface area (Å²) in [7, 11) is 1.58. The second-order valence-corrected chi connectivity index (χ2v) is 9.26. The van der Waals surface area contributed by atoms with Crippen LogP contribution >= 0.6 is 0 Å². The van der Waals surface area contributed by atoms with E-state index >= 15 is 0 Å². The zero-order valence-electron chi connectivity index (χ0n) is 20.3. The number of methoxy groups -OCH3 is 1. The van der Waals surface area contributed by atoms with Crippen molar-refractivity contribution in [1.29, 1.82) is 0 Å². The van der Waals surface area contributed by atoms with Crippen molar-refractivity contribution >= 4 is 23.0 Å². The van der Waals surface area contributed by atoms with E-state index in [-0.39, 0.29) is 11.6 Å². The van der Waals surface area contributed by atoms with Crippen LogP contribution in [0.2, 0.25) is 0 Å². The molecule has 178 valence electrons. The minimum absolute atomic E-state index is 0.382. The average Bonchev–Trinajstić information content (AvgIpc) is 2.82. The zero-order chi connectivity index (χ0) is 25.0. The first kappa shape index (κ1) is 24.0. The minimum atomic E-state index is -0.531. The Bertz CT molecular complexity index is 1420. The van der Waals surface area contributed by atoms with Gasteiger partial charge in [0, 0.05) is 17.5 Å². The lowest BCUT2D eigenvalue weighted by atomic mass is 9.93. The van der Waals surface area contributed by atoms with Gasteiger partial charge in [-0.2, -0.15) is 0 Å². The lowest BCUT2D eigenvalue weighted by Crippen LogP contribution is -2.22. The van der Waals surface area contributed by atoms with E-state index in [9.17, 15) is 9.59 Å². The third-order valence-electron chi connectivity index (χ3n) is 5.46. The largest absolute Gasteiger partial charge is 0.497 e. The molecule has 4 aromatic rings. The van der Waals surface area contributed by atoms with Gasteiger partial charge in [0.1, 0.15) is 16.9 Å². The number of esters is 1. The fourth-order valence-electron chi connectivity index (χ4n) is 3.90. The summed E-state index contributed by atoms with van der Waals surface area (Å²) in [6.45, 7) is 5.50. The number of hydrogen-bond acceptors (Lipinski definition) is 5. The fourth-order valence-corrected chi connectivity index (χ4v) is 3.90. The number of fused-ring (bicyclic) bond motifs is 1. The van der Waals surface area contributed by atoms with E-state index in [2.05, 4.69) is 0 Å². The summed E-state index contributed by atoms with van der Waals surface area (Å²) in [5, 5.41) is 0.859. The SMILES string of the molecule is COc1ccc2c(Cc3ccc(/C=C/C(=O)OC(C)(C)C)cc3)c(-c3ccccc3)c(=O)oc2c1. The Morgan fingerprint density at radius 2 is 1.69 bits per heavy atom. The van der Waals surface area contributed by atoms with E-state index in [0.29, 0.717) is 23.3 Å². The number of ether oxygens (including phenoxy) is 2. The van der Waals surface area contributed by atoms with Crippen LogP contribution in [0.1, 0.15) is 37.5 Å². The predicted molar refractivity (Wildman–Crippen MR) is 139 cm³/mol. The van der Waals surface area contributed by atoms with Crippen LogP contribution in [0.3, 0.4) is 0 Å². The van der Waals surface area contributed by atoms with E-state index in [1.807, 2.05) is 87.5 Å². The maximum atomic E-state index is 13.1. The Labute approximate surface area is 204 Å². The molecule has 0 N–H and O–H groups in total. The summed E-state index contributed by atoms with van der Waals surface area (Å²) in [5.41, 5.74) is 3.73. The third kappa shape index (κ3) is 5.87. The number of carbonyl (C=O) groups excluding carboxylic acids is 1. The first-order valence-electron chi connectivity index (χ1n) is 11.4. The molecular weight excluding hydrogens is 440 g/mol. The smallest absolute Gasteiger partial charge is 0.344 e. The molecule has 1 heterocycles. The molecule has 0 bridgehead atoms. The van der Waals surface area contributed by atoms with Crippen molar-refractivity contribution in [1.82, 2.24) is 0 Å². The molecule has 0 atom stereocenters. The highest BCUT2D eigenvalue weighted by Crippen LogP contribution is 2.31. The summed E-state index contributed by atoms with van der Waals surface area (Å²) in [6, 6.07) is 22.9. The van der Waals surface area contributed by atoms with E-state index < -0.39 is 5.60 Å². The molecule has 0 saturated carbocycles. The molecule has 35 heavy (non-hydrogen) atoms. The molecule has 5 heteroatoms. The Hall–Kier alpha value is -4.12. The summed E-state index contributed by atoms with van der Waals surface area (Å²) >= 11 is 0. The van der Waals surface area contributed by atoms with Crippen molar-refractivity contribution in [2.75, 3.05) is 7.11 Å². The molecule has 0 aliphatic carbocycles. The number of benzene rings is 3. The van der Waals surface area contributed by atoms with Crippen molar-refractivity contribution < 1.29 is 18.7 Å². The summed E-state index contributed by atoms with van der Waals surface area (Å²) in [4.78, 5) is 25.0. The van der Waals surface area contributed by atoms with E-state index in [4.69, 9.17) is 13.9 Å². The quantitative estimate of drug-likeness (QED) is 0.186. The van der Waals surface area contributed by atoms with Crippen LogP contribution in [0, 0.1) is 0 Å². The lowest BCUT2D eigenvalue weighted by molar-refractivity contribution is -0.148. The molecule has 0 spiro atoms. The molecule has 0 fully saturated rings. The van der Waals surface area contributed by atoms with Crippen molar-refractivity contribution in [3.63, 3.8) is 0 Å². The van der Waals surface area contributed by atoms with Gasteiger partial charge in [0.25, 0.3) is 0 Å². The van der Waals surface area contributed by atoms with Crippen LogP contribution in [0.15, 0.2) is 88.1 Å². The Morgan fingerprint density at radius 3 is 2.34 bits per heavy atom. The molecule has 0 aliphatic rings. The summed E-state index contributed by atoms with van der Waals surface area (Å²) in [6.07, 6.45) is 3.69. The third-order valence-corrected chi connectivity index (χ3v) is 5.46. The highest BCUT2D eigenvalue weighted by Gasteiger charge is 2.17. The van der Waals surface area contributed by atoms with Crippen molar-refractivity contribution in [2.45, 2.75) is 32.8 Å². The normalized spacial score (nSPS) is 11.7. The molecule has 0 aliphatic heterocycles. The number of rotatable bonds is 6. The maximum Gasteiger partial charge on any atom is 0.344 e. The molecule has 5 nitrogen and oxygen atoms in total. The van der Waals surface area contributed by atoms with Gasteiger partial charge in [0.05, 0.1) is 12.7 Å². The molecule has 0 saturated heterocycles. The van der Waals surface area contributed by atoms with Gasteiger partial charge in [-0.05, 0) is 67.7 Å². The Balaban J connectivity index is 1.70. The van der Waals surface area contributed by atoms with Crippen LogP contribution in [-0.4, -0.2) is 18.7 Å². The van der Waals surface area contributed by atoms with Crippen LogP contribution in [0.25, 0.3) is 28.2 Å². The standard InChI is InChI=1S/C30H28O5/c1-30(2,3)35-27(31)17-14-20-10-12-21(13-11-20)18-25-24-16-15-23(33-4)19-26(24)34-29(32)28(25)22-8-6-5-7-9-22/h5-17,19H,18H2,1-4H3/b17-14+. The van der Waals surface area contributed by atoms with Crippen LogP contribution < -0.4 is 10.4 Å². The average molecular weight is 469 g/mol. The predicted octanol–water partition coefficient (Wildman–Crippen LogP) is 6.41. The monoisotopic (exact) mass is 468 g/mol. The molecule has 0 unspecified atom stereocenters. The zero-order valence-corrected chi connectivity index (χ0v) is 20.3. The Kier molecular flexibility index (Phi) is 6.87. The molecule has 0 amide bonds. The van der Waals surface area contributed by atoms with Crippen molar-refractivity contribution in [2.24, 2.45) is 0 Å². The highest BCUT2D eigenvalue weighted by atomic mass is 16.6. The molecule has 3 aromatic carbocycles. The molecule has 4 rings (SSSR count). The van der Waals surface area contributed by atoms with Gasteiger partial charge >= 0.3 is 11.6 Å². The van der Waals surface area contributed by atoms with E-state index in [1.54, 1.807) is 19.3 Å². The highest BCUT2D eigenvalue weighted by molar-refractivity contribution is 5.89. The molecule has 0 radical (unpaired) electrons. The fraction of sp³-hybridized carbons (Fsp3) is 0.200. The Morgan fingerprint density at radius 1 is 0.971 bits per heavy atom. The first-order chi connectivity index (χ1) is 16.7. The number of carbonyl (C=O) groups is 1. The molecular formula is C30H28O5. The van der Waals surface area contributed by atoms with Crippen LogP contribution in [0.4, 0.5) is 0 Å². The van der Waals surface area contributed by atoms with Gasteiger partial charge in [-0.1, -0.05) is 54.6 Å². The van der Waals surface area contributed by atoms with Gasteiger partial charge in [0.15, 0.2) is 0 Å². The van der Waals surface area contributed by atoms with Gasteiger partial charge in [-0.25, -0.2) is 9.59 Å². The van der Waals surface area contributed by atoms with Gasteiger partial charge in [-0.15, -0.1) is 0 Å². The number of hydrogen-bond donors (Lipinski definition) is 0. The minimum Gasteiger partial charge on any atom is -0.497 e. The first-order valence-corrected chi connectivity index (χ1v) is 11.4. The van der Waals surface area contributed by atoms with Crippen LogP contribution in [-0.2, 0) is 16.0 Å². The lowest BCUT2D eigenvalue weighted by Gasteiger charge is -2.17.